The molecule has 4 rings (SSSR count). The summed E-state index contributed by atoms with van der Waals surface area (Å²) in [6.07, 6.45) is 2.76. The van der Waals surface area contributed by atoms with Gasteiger partial charge in [0.25, 0.3) is 0 Å². The van der Waals surface area contributed by atoms with Crippen LogP contribution in [0.15, 0.2) is 60.8 Å². The number of aromatic nitrogens is 2. The molecule has 0 bridgehead atoms. The second-order valence-corrected chi connectivity index (χ2v) is 6.03. The maximum atomic E-state index is 11.1. The molecule has 26 heavy (non-hydrogen) atoms. The van der Waals surface area contributed by atoms with E-state index in [1.807, 2.05) is 54.6 Å². The van der Waals surface area contributed by atoms with Gasteiger partial charge in [-0.2, -0.15) is 5.10 Å². The van der Waals surface area contributed by atoms with Crippen molar-refractivity contribution < 1.29 is 19.0 Å². The number of H-pyrrole nitrogens is 1. The summed E-state index contributed by atoms with van der Waals surface area (Å²) in [6, 6.07) is 17.1. The third-order valence-electron chi connectivity index (χ3n) is 4.13. The number of nitrogens with one attached hydrogen (secondary N) is 1. The van der Waals surface area contributed by atoms with Gasteiger partial charge in [0.2, 0.25) is 0 Å². The van der Waals surface area contributed by atoms with E-state index in [1.165, 1.54) is 0 Å². The summed E-state index contributed by atoms with van der Waals surface area (Å²) >= 11 is 0. The Morgan fingerprint density at radius 2 is 1.69 bits per heavy atom. The van der Waals surface area contributed by atoms with Crippen LogP contribution >= 0.6 is 0 Å². The molecule has 0 saturated carbocycles. The third-order valence-corrected chi connectivity index (χ3v) is 4.13. The standard InChI is InChI=1S/C20H18N2O4/c23-20-10-9-18(26-20)13-24-15-5-7-17(8-6-15)25-16-3-1-14(2-4-16)19-11-12-21-22-19/h1-8,11-12,18H,9-10,13H2,(H,21,22)/t18-/m1/s1. The van der Waals surface area contributed by atoms with Crippen LogP contribution in [0.5, 0.6) is 17.2 Å². The molecule has 0 unspecified atom stereocenters. The van der Waals surface area contributed by atoms with Gasteiger partial charge >= 0.3 is 5.97 Å². The monoisotopic (exact) mass is 350 g/mol. The molecule has 1 aromatic heterocycles. The first-order valence-corrected chi connectivity index (χ1v) is 8.46. The molecule has 6 nitrogen and oxygen atoms in total. The molecule has 0 spiro atoms. The van der Waals surface area contributed by atoms with Crippen LogP contribution in [0.25, 0.3) is 11.3 Å². The summed E-state index contributed by atoms with van der Waals surface area (Å²) in [5.74, 6) is 2.04. The minimum atomic E-state index is -0.152. The number of aromatic amines is 1. The molecule has 2 aromatic carbocycles. The van der Waals surface area contributed by atoms with Crippen LogP contribution in [-0.4, -0.2) is 28.9 Å². The number of carbonyl (C=O) groups is 1. The van der Waals surface area contributed by atoms with Gasteiger partial charge in [-0.1, -0.05) is 0 Å². The van der Waals surface area contributed by atoms with Crippen molar-refractivity contribution in [3.8, 4) is 28.5 Å². The molecular formula is C20H18N2O4. The van der Waals surface area contributed by atoms with Crippen LogP contribution in [0.3, 0.4) is 0 Å². The normalized spacial score (nSPS) is 16.3. The van der Waals surface area contributed by atoms with Gasteiger partial charge < -0.3 is 14.2 Å². The Morgan fingerprint density at radius 1 is 1.00 bits per heavy atom. The fourth-order valence-corrected chi connectivity index (χ4v) is 2.75. The highest BCUT2D eigenvalue weighted by atomic mass is 16.6. The van der Waals surface area contributed by atoms with Crippen LogP contribution in [0.1, 0.15) is 12.8 Å². The first kappa shape index (κ1) is 16.2. The number of hydrogen-bond acceptors (Lipinski definition) is 5. The van der Waals surface area contributed by atoms with Gasteiger partial charge in [-0.05, 0) is 66.6 Å². The van der Waals surface area contributed by atoms with Crippen molar-refractivity contribution in [1.82, 2.24) is 10.2 Å². The van der Waals surface area contributed by atoms with Crippen molar-refractivity contribution in [3.05, 3.63) is 60.8 Å². The van der Waals surface area contributed by atoms with Crippen LogP contribution < -0.4 is 9.47 Å². The molecule has 1 N–H and O–H groups in total. The van der Waals surface area contributed by atoms with Gasteiger partial charge in [0.15, 0.2) is 0 Å². The van der Waals surface area contributed by atoms with E-state index in [2.05, 4.69) is 10.2 Å². The highest BCUT2D eigenvalue weighted by Gasteiger charge is 2.23. The Bertz CT molecular complexity index is 858. The molecular weight excluding hydrogens is 332 g/mol. The average molecular weight is 350 g/mol. The molecule has 6 heteroatoms. The van der Waals surface area contributed by atoms with Gasteiger partial charge in [0.05, 0.1) is 5.69 Å². The molecule has 1 aliphatic heterocycles. The minimum absolute atomic E-state index is 0.146. The summed E-state index contributed by atoms with van der Waals surface area (Å²) in [4.78, 5) is 11.1. The van der Waals surface area contributed by atoms with E-state index in [-0.39, 0.29) is 12.1 Å². The Labute approximate surface area is 150 Å². The minimum Gasteiger partial charge on any atom is -0.490 e. The first-order valence-electron chi connectivity index (χ1n) is 8.46. The highest BCUT2D eigenvalue weighted by molar-refractivity contribution is 5.71. The summed E-state index contributed by atoms with van der Waals surface area (Å²) < 4.78 is 16.6. The maximum absolute atomic E-state index is 11.1. The highest BCUT2D eigenvalue weighted by Crippen LogP contribution is 2.26. The Morgan fingerprint density at radius 3 is 2.31 bits per heavy atom. The van der Waals surface area contributed by atoms with E-state index in [0.29, 0.717) is 19.4 Å². The molecule has 132 valence electrons. The number of esters is 1. The fraction of sp³-hybridized carbons (Fsp3) is 0.200. The lowest BCUT2D eigenvalue weighted by Crippen LogP contribution is -2.17. The average Bonchev–Trinajstić information content (AvgIpc) is 3.34. The van der Waals surface area contributed by atoms with E-state index < -0.39 is 0 Å². The second-order valence-electron chi connectivity index (χ2n) is 6.03. The topological polar surface area (TPSA) is 73.4 Å². The smallest absolute Gasteiger partial charge is 0.306 e. The van der Waals surface area contributed by atoms with Crippen molar-refractivity contribution >= 4 is 5.97 Å². The van der Waals surface area contributed by atoms with Crippen LogP contribution in [0, 0.1) is 0 Å². The number of nitrogens with zero attached hydrogens (tertiary/aromatic N) is 1. The molecule has 1 fully saturated rings. The summed E-state index contributed by atoms with van der Waals surface area (Å²) in [5.41, 5.74) is 2.01. The largest absolute Gasteiger partial charge is 0.490 e. The van der Waals surface area contributed by atoms with Crippen LogP contribution in [-0.2, 0) is 9.53 Å². The second kappa shape index (κ2) is 7.31. The molecule has 0 aliphatic carbocycles. The van der Waals surface area contributed by atoms with Crippen molar-refractivity contribution in [1.29, 1.82) is 0 Å². The van der Waals surface area contributed by atoms with Gasteiger partial charge in [0.1, 0.15) is 30.0 Å². The van der Waals surface area contributed by atoms with Gasteiger partial charge in [-0.15, -0.1) is 0 Å². The number of rotatable bonds is 6. The SMILES string of the molecule is O=C1CC[C@H](COc2ccc(Oc3ccc(-c4ccn[nH]4)cc3)cc2)O1. The lowest BCUT2D eigenvalue weighted by atomic mass is 10.1. The van der Waals surface area contributed by atoms with Gasteiger partial charge in [-0.25, -0.2) is 0 Å². The zero-order valence-corrected chi connectivity index (χ0v) is 14.1. The van der Waals surface area contributed by atoms with E-state index >= 15 is 0 Å². The van der Waals surface area contributed by atoms with E-state index in [0.717, 1.165) is 28.5 Å². The van der Waals surface area contributed by atoms with Crippen LogP contribution in [0.4, 0.5) is 0 Å². The Hall–Kier alpha value is -3.28. The molecule has 0 amide bonds. The molecule has 0 radical (unpaired) electrons. The number of benzene rings is 2. The lowest BCUT2D eigenvalue weighted by molar-refractivity contribution is -0.142. The third kappa shape index (κ3) is 3.85. The predicted molar refractivity (Wildman–Crippen MR) is 95.1 cm³/mol. The molecule has 1 atom stereocenters. The summed E-state index contributed by atoms with van der Waals surface area (Å²) in [6.45, 7) is 0.376. The van der Waals surface area contributed by atoms with Gasteiger partial charge in [0, 0.05) is 12.6 Å². The van der Waals surface area contributed by atoms with Crippen molar-refractivity contribution in [2.75, 3.05) is 6.61 Å². The van der Waals surface area contributed by atoms with E-state index in [9.17, 15) is 4.79 Å². The number of hydrogen-bond donors (Lipinski definition) is 1. The van der Waals surface area contributed by atoms with Crippen molar-refractivity contribution in [3.63, 3.8) is 0 Å². The predicted octanol–water partition coefficient (Wildman–Crippen LogP) is 3.95. The van der Waals surface area contributed by atoms with Gasteiger partial charge in [-0.3, -0.25) is 9.89 Å². The lowest BCUT2D eigenvalue weighted by Gasteiger charge is -2.12. The summed E-state index contributed by atoms with van der Waals surface area (Å²) in [5, 5.41) is 6.88. The van der Waals surface area contributed by atoms with Crippen LogP contribution in [0.2, 0.25) is 0 Å². The maximum Gasteiger partial charge on any atom is 0.306 e. The first-order chi connectivity index (χ1) is 12.8. The number of carbonyl (C=O) groups excluding carboxylic acids is 1. The van der Waals surface area contributed by atoms with E-state index in [1.54, 1.807) is 6.20 Å². The molecule has 1 aliphatic rings. The zero-order valence-electron chi connectivity index (χ0n) is 14.1. The molecule has 2 heterocycles. The fourth-order valence-electron chi connectivity index (χ4n) is 2.75. The molecule has 1 saturated heterocycles. The zero-order chi connectivity index (χ0) is 17.8. The Balaban J connectivity index is 1.33. The number of cyclic esters (lactones) is 1. The number of ether oxygens (including phenoxy) is 3. The molecule has 3 aromatic rings. The Kier molecular flexibility index (Phi) is 4.55. The van der Waals surface area contributed by atoms with E-state index in [4.69, 9.17) is 14.2 Å². The quantitative estimate of drug-likeness (QED) is 0.681. The van der Waals surface area contributed by atoms with Crippen molar-refractivity contribution in [2.45, 2.75) is 18.9 Å². The van der Waals surface area contributed by atoms with Crippen molar-refractivity contribution in [2.24, 2.45) is 0 Å². The summed E-state index contributed by atoms with van der Waals surface area (Å²) in [7, 11) is 0.